The molecule has 1 amide bonds. The number of nitrogens with one attached hydrogen (secondary N) is 2. The molecule has 1 heterocycles. The van der Waals surface area contributed by atoms with Crippen molar-refractivity contribution in [1.82, 2.24) is 10.2 Å². The van der Waals surface area contributed by atoms with Gasteiger partial charge in [-0.1, -0.05) is 0 Å². The molecule has 1 unspecified atom stereocenters. The molecule has 0 radical (unpaired) electrons. The largest absolute Gasteiger partial charge is 0.418 e. The minimum absolute atomic E-state index is 0.0131. The van der Waals surface area contributed by atoms with Crippen molar-refractivity contribution >= 4 is 11.6 Å². The molecule has 1 aromatic rings. The maximum Gasteiger partial charge on any atom is 0.418 e. The van der Waals surface area contributed by atoms with E-state index in [0.717, 1.165) is 19.0 Å². The normalized spacial score (nSPS) is 19.6. The van der Waals surface area contributed by atoms with Crippen molar-refractivity contribution in [2.24, 2.45) is 0 Å². The Labute approximate surface area is 121 Å². The highest BCUT2D eigenvalue weighted by Crippen LogP contribution is 2.35. The number of carbonyl (C=O) groups is 1. The van der Waals surface area contributed by atoms with Gasteiger partial charge in [0.1, 0.15) is 0 Å². The van der Waals surface area contributed by atoms with Crippen LogP contribution in [0, 0.1) is 0 Å². The van der Waals surface area contributed by atoms with E-state index in [1.54, 1.807) is 0 Å². The van der Waals surface area contributed by atoms with Crippen molar-refractivity contribution in [1.29, 1.82) is 0 Å². The summed E-state index contributed by atoms with van der Waals surface area (Å²) >= 11 is 0. The van der Waals surface area contributed by atoms with Gasteiger partial charge in [-0.3, -0.25) is 4.79 Å². The zero-order chi connectivity index (χ0) is 15.6. The number of halogens is 3. The van der Waals surface area contributed by atoms with E-state index in [0.29, 0.717) is 6.54 Å². The minimum atomic E-state index is -4.50. The van der Waals surface area contributed by atoms with Crippen LogP contribution < -0.4 is 10.6 Å². The number of nitrogens with zero attached hydrogens (tertiary/aromatic N) is 1. The number of benzene rings is 1. The Morgan fingerprint density at radius 2 is 2.10 bits per heavy atom. The summed E-state index contributed by atoms with van der Waals surface area (Å²) in [5.41, 5.74) is -0.850. The highest BCUT2D eigenvalue weighted by Gasteiger charge is 2.34. The van der Waals surface area contributed by atoms with E-state index in [4.69, 9.17) is 0 Å². The first-order chi connectivity index (χ1) is 9.81. The summed E-state index contributed by atoms with van der Waals surface area (Å²) in [6.45, 7) is 1.59. The highest BCUT2D eigenvalue weighted by atomic mass is 19.4. The third-order valence-electron chi connectivity index (χ3n) is 3.58. The van der Waals surface area contributed by atoms with Gasteiger partial charge in [0.2, 0.25) is 0 Å². The number of anilines is 1. The Morgan fingerprint density at radius 1 is 1.38 bits per heavy atom. The number of rotatable bonds is 3. The summed E-state index contributed by atoms with van der Waals surface area (Å²) < 4.78 is 38.9. The van der Waals surface area contributed by atoms with Crippen molar-refractivity contribution in [2.45, 2.75) is 18.6 Å². The quantitative estimate of drug-likeness (QED) is 0.899. The van der Waals surface area contributed by atoms with Crippen molar-refractivity contribution < 1.29 is 18.0 Å². The fraction of sp³-hybridized carbons (Fsp3) is 0.500. The molecule has 1 atom stereocenters. The summed E-state index contributed by atoms with van der Waals surface area (Å²) in [6, 6.07) is 3.55. The number of alkyl halides is 3. The number of hydrogen-bond donors (Lipinski definition) is 2. The van der Waals surface area contributed by atoms with Crippen LogP contribution in [0.2, 0.25) is 0 Å². The van der Waals surface area contributed by atoms with Crippen LogP contribution in [0.25, 0.3) is 0 Å². The smallest absolute Gasteiger partial charge is 0.388 e. The number of amides is 1. The second-order valence-corrected chi connectivity index (χ2v) is 5.23. The first-order valence-electron chi connectivity index (χ1n) is 6.69. The molecular weight excluding hydrogens is 283 g/mol. The van der Waals surface area contributed by atoms with Gasteiger partial charge in [0.25, 0.3) is 5.91 Å². The Hall–Kier alpha value is -1.76. The molecule has 7 heteroatoms. The molecule has 1 aromatic carbocycles. The van der Waals surface area contributed by atoms with Crippen LogP contribution in [0.15, 0.2) is 18.2 Å². The van der Waals surface area contributed by atoms with E-state index in [9.17, 15) is 18.0 Å². The van der Waals surface area contributed by atoms with Gasteiger partial charge in [-0.2, -0.15) is 13.2 Å². The maximum absolute atomic E-state index is 13.0. The minimum Gasteiger partial charge on any atom is -0.388 e. The average molecular weight is 301 g/mol. The molecule has 1 aliphatic rings. The lowest BCUT2D eigenvalue weighted by atomic mass is 10.1. The second-order valence-electron chi connectivity index (χ2n) is 5.23. The third-order valence-corrected chi connectivity index (χ3v) is 3.58. The third kappa shape index (κ3) is 3.66. The fourth-order valence-corrected chi connectivity index (χ4v) is 2.46. The van der Waals surface area contributed by atoms with Crippen LogP contribution in [0.5, 0.6) is 0 Å². The molecule has 116 valence electrons. The van der Waals surface area contributed by atoms with Crippen LogP contribution in [0.3, 0.4) is 0 Å². The lowest BCUT2D eigenvalue weighted by Gasteiger charge is -2.16. The van der Waals surface area contributed by atoms with Crippen molar-refractivity contribution in [2.75, 3.05) is 32.5 Å². The Balaban J connectivity index is 2.18. The molecule has 0 spiro atoms. The Bertz CT molecular complexity index is 531. The fourth-order valence-electron chi connectivity index (χ4n) is 2.46. The number of likely N-dealkylation sites (N-methyl/N-ethyl adjacent to an activating group) is 1. The summed E-state index contributed by atoms with van der Waals surface area (Å²) in [4.78, 5) is 14.1. The van der Waals surface area contributed by atoms with E-state index in [1.165, 1.54) is 19.2 Å². The first kappa shape index (κ1) is 15.6. The lowest BCUT2D eigenvalue weighted by molar-refractivity contribution is -0.136. The Kier molecular flexibility index (Phi) is 4.41. The van der Waals surface area contributed by atoms with Crippen LogP contribution >= 0.6 is 0 Å². The molecule has 4 nitrogen and oxygen atoms in total. The van der Waals surface area contributed by atoms with Crippen molar-refractivity contribution in [3.63, 3.8) is 0 Å². The number of hydrogen-bond acceptors (Lipinski definition) is 3. The van der Waals surface area contributed by atoms with Crippen molar-refractivity contribution in [3.05, 3.63) is 29.3 Å². The molecule has 2 N–H and O–H groups in total. The maximum atomic E-state index is 13.0. The van der Waals surface area contributed by atoms with E-state index in [2.05, 4.69) is 15.5 Å². The van der Waals surface area contributed by atoms with E-state index >= 15 is 0 Å². The molecular formula is C14H18F3N3O. The monoisotopic (exact) mass is 301 g/mol. The van der Waals surface area contributed by atoms with Gasteiger partial charge < -0.3 is 15.5 Å². The SMILES string of the molecule is CNc1ccc(C(=O)NC2CCN(C)C2)cc1C(F)(F)F. The topological polar surface area (TPSA) is 44.4 Å². The highest BCUT2D eigenvalue weighted by molar-refractivity contribution is 5.95. The second kappa shape index (κ2) is 5.93. The zero-order valence-corrected chi connectivity index (χ0v) is 11.9. The van der Waals surface area contributed by atoms with Crippen LogP contribution in [-0.4, -0.2) is 44.0 Å². The number of likely N-dealkylation sites (tertiary alicyclic amines) is 1. The van der Waals surface area contributed by atoms with Gasteiger partial charge in [-0.15, -0.1) is 0 Å². The van der Waals surface area contributed by atoms with Crippen LogP contribution in [0.1, 0.15) is 22.3 Å². The van der Waals surface area contributed by atoms with Gasteiger partial charge in [0, 0.05) is 30.9 Å². The standard InChI is InChI=1S/C14H18F3N3O/c1-18-12-4-3-9(7-11(12)14(15,16)17)13(21)19-10-5-6-20(2)8-10/h3-4,7,10,18H,5-6,8H2,1-2H3,(H,19,21). The molecule has 0 saturated carbocycles. The molecule has 2 rings (SSSR count). The molecule has 1 fully saturated rings. The zero-order valence-electron chi connectivity index (χ0n) is 11.9. The predicted octanol–water partition coefficient (Wildman–Crippen LogP) is 2.18. The van der Waals surface area contributed by atoms with Crippen LogP contribution in [0.4, 0.5) is 18.9 Å². The molecule has 0 aliphatic carbocycles. The lowest BCUT2D eigenvalue weighted by Crippen LogP contribution is -2.36. The van der Waals surface area contributed by atoms with Gasteiger partial charge in [-0.25, -0.2) is 0 Å². The molecule has 21 heavy (non-hydrogen) atoms. The van der Waals surface area contributed by atoms with E-state index in [1.807, 2.05) is 7.05 Å². The van der Waals surface area contributed by atoms with Crippen LogP contribution in [-0.2, 0) is 6.18 Å². The Morgan fingerprint density at radius 3 is 2.62 bits per heavy atom. The van der Waals surface area contributed by atoms with E-state index < -0.39 is 17.6 Å². The summed E-state index contributed by atoms with van der Waals surface area (Å²) in [6.07, 6.45) is -3.69. The molecule has 1 saturated heterocycles. The van der Waals surface area contributed by atoms with Gasteiger partial charge in [0.15, 0.2) is 0 Å². The summed E-state index contributed by atoms with van der Waals surface area (Å²) in [5, 5.41) is 5.26. The predicted molar refractivity (Wildman–Crippen MR) is 74.4 cm³/mol. The van der Waals surface area contributed by atoms with Gasteiger partial charge >= 0.3 is 6.18 Å². The summed E-state index contributed by atoms with van der Waals surface area (Å²) in [5.74, 6) is -0.469. The van der Waals surface area contributed by atoms with Gasteiger partial charge in [0.05, 0.1) is 5.56 Å². The molecule has 0 bridgehead atoms. The summed E-state index contributed by atoms with van der Waals surface area (Å²) in [7, 11) is 3.36. The van der Waals surface area contributed by atoms with Gasteiger partial charge in [-0.05, 0) is 38.2 Å². The first-order valence-corrected chi connectivity index (χ1v) is 6.69. The van der Waals surface area contributed by atoms with E-state index in [-0.39, 0.29) is 17.3 Å². The number of carbonyl (C=O) groups excluding carboxylic acids is 1. The molecule has 0 aromatic heterocycles. The molecule has 1 aliphatic heterocycles. The van der Waals surface area contributed by atoms with Crippen molar-refractivity contribution in [3.8, 4) is 0 Å². The average Bonchev–Trinajstić information content (AvgIpc) is 2.82.